The molecule has 3 nitrogen and oxygen atoms in total. The van der Waals surface area contributed by atoms with Gasteiger partial charge in [0, 0.05) is 34.5 Å². The largest absolute Gasteiger partial charge is 0.389 e. The molecule has 0 bridgehead atoms. The summed E-state index contributed by atoms with van der Waals surface area (Å²) in [5, 5.41) is 1.63. The lowest BCUT2D eigenvalue weighted by atomic mass is 10.1. The molecule has 0 spiro atoms. The maximum Gasteiger partial charge on any atom is 0.130 e. The minimum absolute atomic E-state index is 0.432. The van der Waals surface area contributed by atoms with E-state index in [2.05, 4.69) is 18.7 Å². The molecule has 0 radical (unpaired) electrons. The summed E-state index contributed by atoms with van der Waals surface area (Å²) in [6.45, 7) is 5.55. The van der Waals surface area contributed by atoms with E-state index >= 15 is 0 Å². The van der Waals surface area contributed by atoms with E-state index in [1.807, 2.05) is 42.1 Å². The predicted octanol–water partition coefficient (Wildman–Crippen LogP) is 3.20. The molecule has 2 unspecified atom stereocenters. The fourth-order valence-electron chi connectivity index (χ4n) is 2.77. The van der Waals surface area contributed by atoms with Crippen molar-refractivity contribution in [3.8, 4) is 0 Å². The minimum atomic E-state index is 0.432. The van der Waals surface area contributed by atoms with E-state index in [1.165, 1.54) is 0 Å². The third kappa shape index (κ3) is 2.72. The van der Waals surface area contributed by atoms with Gasteiger partial charge in [-0.2, -0.15) is 11.8 Å². The number of hydrogen-bond acceptors (Lipinski definition) is 4. The van der Waals surface area contributed by atoms with Crippen molar-refractivity contribution in [2.75, 3.05) is 17.2 Å². The number of thioether (sulfide) groups is 1. The number of thiocarbonyl (C=S) groups is 1. The Balaban J connectivity index is 2.13. The highest BCUT2D eigenvalue weighted by Crippen LogP contribution is 2.30. The van der Waals surface area contributed by atoms with Crippen molar-refractivity contribution in [1.82, 2.24) is 4.98 Å². The Labute approximate surface area is 134 Å². The molecular weight excluding hydrogens is 298 g/mol. The molecule has 2 atom stereocenters. The summed E-state index contributed by atoms with van der Waals surface area (Å²) in [6.07, 6.45) is 0. The van der Waals surface area contributed by atoms with E-state index in [1.54, 1.807) is 0 Å². The first-order valence-corrected chi connectivity index (χ1v) is 8.61. The highest BCUT2D eigenvalue weighted by molar-refractivity contribution is 8.00. The zero-order valence-electron chi connectivity index (χ0n) is 12.2. The third-order valence-electron chi connectivity index (χ3n) is 4.15. The standard InChI is InChI=1S/C16H19N3S2/c1-10-11(2)21-8-7-19(10)15-9-13(16(17)20)12-5-3-4-6-14(12)18-15/h3-6,9-11H,7-8H2,1-2H3,(H2,17,20). The average molecular weight is 317 g/mol. The van der Waals surface area contributed by atoms with Crippen LogP contribution in [-0.2, 0) is 0 Å². The van der Waals surface area contributed by atoms with Crippen molar-refractivity contribution in [2.45, 2.75) is 25.1 Å². The number of fused-ring (bicyclic) bond motifs is 1. The topological polar surface area (TPSA) is 42.1 Å². The molecule has 1 fully saturated rings. The molecule has 1 saturated heterocycles. The molecule has 0 aliphatic carbocycles. The van der Waals surface area contributed by atoms with Crippen LogP contribution in [-0.4, -0.2) is 33.6 Å². The van der Waals surface area contributed by atoms with Gasteiger partial charge in [-0.1, -0.05) is 37.3 Å². The van der Waals surface area contributed by atoms with Crippen LogP contribution in [0.4, 0.5) is 5.82 Å². The van der Waals surface area contributed by atoms with E-state index < -0.39 is 0 Å². The van der Waals surface area contributed by atoms with Gasteiger partial charge in [-0.3, -0.25) is 0 Å². The second-order valence-electron chi connectivity index (χ2n) is 5.42. The number of benzene rings is 1. The number of anilines is 1. The SMILES string of the molecule is CC1SCCN(c2cc(C(N)=S)c3ccccc3n2)C1C. The maximum atomic E-state index is 5.92. The van der Waals surface area contributed by atoms with Gasteiger partial charge in [-0.25, -0.2) is 4.98 Å². The Morgan fingerprint density at radius 2 is 2.14 bits per heavy atom. The van der Waals surface area contributed by atoms with Gasteiger partial charge in [-0.05, 0) is 19.1 Å². The van der Waals surface area contributed by atoms with Crippen LogP contribution in [0.15, 0.2) is 30.3 Å². The molecule has 2 heterocycles. The second-order valence-corrected chi connectivity index (χ2v) is 7.34. The Bertz CT molecular complexity index is 686. The molecule has 1 aromatic heterocycles. The fourth-order valence-corrected chi connectivity index (χ4v) is 4.04. The van der Waals surface area contributed by atoms with Gasteiger partial charge in [0.15, 0.2) is 0 Å². The van der Waals surface area contributed by atoms with Gasteiger partial charge in [0.25, 0.3) is 0 Å². The zero-order chi connectivity index (χ0) is 15.0. The number of para-hydroxylation sites is 1. The number of pyridine rings is 1. The highest BCUT2D eigenvalue weighted by Gasteiger charge is 2.26. The first kappa shape index (κ1) is 14.6. The molecular formula is C16H19N3S2. The molecule has 21 heavy (non-hydrogen) atoms. The Kier molecular flexibility index (Phi) is 4.04. The van der Waals surface area contributed by atoms with E-state index in [0.29, 0.717) is 16.3 Å². The van der Waals surface area contributed by atoms with Gasteiger partial charge in [-0.15, -0.1) is 0 Å². The average Bonchev–Trinajstić information content (AvgIpc) is 2.48. The van der Waals surface area contributed by atoms with Crippen LogP contribution in [0.2, 0.25) is 0 Å². The van der Waals surface area contributed by atoms with E-state index in [0.717, 1.165) is 34.6 Å². The van der Waals surface area contributed by atoms with E-state index in [4.69, 9.17) is 22.9 Å². The molecule has 1 aliphatic rings. The van der Waals surface area contributed by atoms with Gasteiger partial charge < -0.3 is 10.6 Å². The molecule has 2 aromatic rings. The van der Waals surface area contributed by atoms with Crippen LogP contribution in [0.1, 0.15) is 19.4 Å². The number of nitrogens with zero attached hydrogens (tertiary/aromatic N) is 2. The van der Waals surface area contributed by atoms with Gasteiger partial charge in [0.1, 0.15) is 10.8 Å². The lowest BCUT2D eigenvalue weighted by Gasteiger charge is -2.38. The smallest absolute Gasteiger partial charge is 0.130 e. The number of hydrogen-bond donors (Lipinski definition) is 1. The van der Waals surface area contributed by atoms with Crippen LogP contribution in [0, 0.1) is 0 Å². The number of nitrogens with two attached hydrogens (primary N) is 1. The quantitative estimate of drug-likeness (QED) is 0.862. The fraction of sp³-hybridized carbons (Fsp3) is 0.375. The summed E-state index contributed by atoms with van der Waals surface area (Å²) in [7, 11) is 0. The third-order valence-corrected chi connectivity index (χ3v) is 5.70. The zero-order valence-corrected chi connectivity index (χ0v) is 13.9. The molecule has 110 valence electrons. The van der Waals surface area contributed by atoms with Crippen molar-refractivity contribution in [1.29, 1.82) is 0 Å². The van der Waals surface area contributed by atoms with Gasteiger partial charge >= 0.3 is 0 Å². The first-order chi connectivity index (χ1) is 10.1. The molecule has 0 amide bonds. The first-order valence-electron chi connectivity index (χ1n) is 7.16. The summed E-state index contributed by atoms with van der Waals surface area (Å²) < 4.78 is 0. The normalized spacial score (nSPS) is 22.5. The van der Waals surface area contributed by atoms with Crippen molar-refractivity contribution >= 4 is 45.7 Å². The van der Waals surface area contributed by atoms with Crippen molar-refractivity contribution in [2.24, 2.45) is 5.73 Å². The Morgan fingerprint density at radius 3 is 2.90 bits per heavy atom. The van der Waals surface area contributed by atoms with Crippen molar-refractivity contribution in [3.05, 3.63) is 35.9 Å². The Hall–Kier alpha value is -1.33. The van der Waals surface area contributed by atoms with Crippen LogP contribution in [0.3, 0.4) is 0 Å². The Morgan fingerprint density at radius 1 is 1.38 bits per heavy atom. The summed E-state index contributed by atoms with van der Waals surface area (Å²) in [6, 6.07) is 10.5. The summed E-state index contributed by atoms with van der Waals surface area (Å²) in [4.78, 5) is 7.63. The highest BCUT2D eigenvalue weighted by atomic mass is 32.2. The lowest BCUT2D eigenvalue weighted by Crippen LogP contribution is -2.45. The monoisotopic (exact) mass is 317 g/mol. The predicted molar refractivity (Wildman–Crippen MR) is 96.4 cm³/mol. The summed E-state index contributed by atoms with van der Waals surface area (Å²) in [5.74, 6) is 2.11. The molecule has 3 rings (SSSR count). The maximum absolute atomic E-state index is 5.92. The molecule has 1 aliphatic heterocycles. The second kappa shape index (κ2) is 5.81. The van der Waals surface area contributed by atoms with Gasteiger partial charge in [0.2, 0.25) is 0 Å². The molecule has 0 saturated carbocycles. The van der Waals surface area contributed by atoms with Crippen molar-refractivity contribution < 1.29 is 0 Å². The van der Waals surface area contributed by atoms with Crippen LogP contribution in [0.25, 0.3) is 10.9 Å². The van der Waals surface area contributed by atoms with E-state index in [-0.39, 0.29) is 0 Å². The summed E-state index contributed by atoms with van der Waals surface area (Å²) in [5.41, 5.74) is 7.80. The van der Waals surface area contributed by atoms with Gasteiger partial charge in [0.05, 0.1) is 5.52 Å². The molecule has 5 heteroatoms. The molecule has 1 aromatic carbocycles. The van der Waals surface area contributed by atoms with Crippen LogP contribution >= 0.6 is 24.0 Å². The number of rotatable bonds is 2. The van der Waals surface area contributed by atoms with Crippen LogP contribution in [0.5, 0.6) is 0 Å². The minimum Gasteiger partial charge on any atom is -0.389 e. The van der Waals surface area contributed by atoms with E-state index in [9.17, 15) is 0 Å². The number of aromatic nitrogens is 1. The lowest BCUT2D eigenvalue weighted by molar-refractivity contribution is 0.621. The molecule has 2 N–H and O–H groups in total. The van der Waals surface area contributed by atoms with Crippen molar-refractivity contribution in [3.63, 3.8) is 0 Å². The van der Waals surface area contributed by atoms with Crippen LogP contribution < -0.4 is 10.6 Å². The summed E-state index contributed by atoms with van der Waals surface area (Å²) >= 11 is 7.25.